The number of urea groups is 1. The smallest absolute Gasteiger partial charge is 0.315 e. The molecule has 0 spiro atoms. The molecule has 0 radical (unpaired) electrons. The summed E-state index contributed by atoms with van der Waals surface area (Å²) in [4.78, 5) is 17.4. The predicted octanol–water partition coefficient (Wildman–Crippen LogP) is 4.56. The van der Waals surface area contributed by atoms with E-state index in [1.807, 2.05) is 47.8 Å². The van der Waals surface area contributed by atoms with E-state index in [1.165, 1.54) is 0 Å². The van der Waals surface area contributed by atoms with E-state index in [9.17, 15) is 4.79 Å². The van der Waals surface area contributed by atoms with Crippen molar-refractivity contribution >= 4 is 28.1 Å². The number of thiophene rings is 1. The Hall–Kier alpha value is -3.32. The number of amides is 2. The summed E-state index contributed by atoms with van der Waals surface area (Å²) in [5, 5.41) is 9.82. The van der Waals surface area contributed by atoms with Gasteiger partial charge in [-0.25, -0.2) is 9.78 Å². The molecular formula is C21H19N3O3S. The number of methoxy groups -OCH3 is 1. The molecule has 2 heterocycles. The van der Waals surface area contributed by atoms with Crippen LogP contribution in [0.1, 0.15) is 11.3 Å². The van der Waals surface area contributed by atoms with Crippen molar-refractivity contribution in [1.82, 2.24) is 15.6 Å². The number of hydrogen-bond acceptors (Lipinski definition) is 5. The average Bonchev–Trinajstić information content (AvgIpc) is 3.41. The summed E-state index contributed by atoms with van der Waals surface area (Å²) in [5.41, 5.74) is 1.70. The molecule has 4 rings (SSSR count). The number of nitrogens with zero attached hydrogens (tertiary/aromatic N) is 1. The lowest BCUT2D eigenvalue weighted by Gasteiger charge is -2.08. The molecule has 0 aliphatic carbocycles. The number of hydrogen-bond donors (Lipinski definition) is 2. The molecular weight excluding hydrogens is 374 g/mol. The highest BCUT2D eigenvalue weighted by molar-refractivity contribution is 7.13. The second-order valence-electron chi connectivity index (χ2n) is 6.20. The molecule has 142 valence electrons. The van der Waals surface area contributed by atoms with Gasteiger partial charge >= 0.3 is 6.03 Å². The first-order chi connectivity index (χ1) is 13.7. The van der Waals surface area contributed by atoms with Gasteiger partial charge in [0.05, 0.1) is 24.2 Å². The highest BCUT2D eigenvalue weighted by atomic mass is 32.1. The molecule has 28 heavy (non-hydrogen) atoms. The lowest BCUT2D eigenvalue weighted by Crippen LogP contribution is -2.34. The fourth-order valence-corrected chi connectivity index (χ4v) is 3.48. The zero-order valence-electron chi connectivity index (χ0n) is 15.3. The number of carbonyl (C=O) groups is 1. The monoisotopic (exact) mass is 393 g/mol. The third-order valence-electron chi connectivity index (χ3n) is 4.28. The van der Waals surface area contributed by atoms with Gasteiger partial charge in [-0.2, -0.15) is 0 Å². The third-order valence-corrected chi connectivity index (χ3v) is 5.14. The van der Waals surface area contributed by atoms with Gasteiger partial charge in [-0.3, -0.25) is 0 Å². The second-order valence-corrected chi connectivity index (χ2v) is 7.15. The van der Waals surface area contributed by atoms with Crippen molar-refractivity contribution in [3.05, 3.63) is 71.4 Å². The van der Waals surface area contributed by atoms with Gasteiger partial charge < -0.3 is 19.8 Å². The minimum atomic E-state index is -0.254. The third kappa shape index (κ3) is 4.15. The van der Waals surface area contributed by atoms with Crippen LogP contribution in [0.15, 0.2) is 64.6 Å². The minimum Gasteiger partial charge on any atom is -0.497 e. The lowest BCUT2D eigenvalue weighted by atomic mass is 10.1. The van der Waals surface area contributed by atoms with E-state index in [0.29, 0.717) is 24.7 Å². The van der Waals surface area contributed by atoms with Crippen LogP contribution >= 0.6 is 11.3 Å². The summed E-state index contributed by atoms with van der Waals surface area (Å²) >= 11 is 1.56. The van der Waals surface area contributed by atoms with E-state index in [4.69, 9.17) is 9.15 Å². The molecule has 7 heteroatoms. The maximum absolute atomic E-state index is 12.1. The highest BCUT2D eigenvalue weighted by Crippen LogP contribution is 2.24. The zero-order valence-corrected chi connectivity index (χ0v) is 16.1. The summed E-state index contributed by atoms with van der Waals surface area (Å²) < 4.78 is 10.7. The largest absolute Gasteiger partial charge is 0.497 e. The molecule has 0 bridgehead atoms. The molecule has 6 nitrogen and oxygen atoms in total. The van der Waals surface area contributed by atoms with Gasteiger partial charge in [0.25, 0.3) is 0 Å². The Morgan fingerprint density at radius 3 is 2.75 bits per heavy atom. The average molecular weight is 393 g/mol. The van der Waals surface area contributed by atoms with Gasteiger partial charge in [0.1, 0.15) is 12.0 Å². The number of benzene rings is 2. The second kappa shape index (κ2) is 8.14. The van der Waals surface area contributed by atoms with Crippen LogP contribution in [0.25, 0.3) is 21.5 Å². The fraction of sp³-hybridized carbons (Fsp3) is 0.143. The van der Waals surface area contributed by atoms with Crippen molar-refractivity contribution in [1.29, 1.82) is 0 Å². The minimum absolute atomic E-state index is 0.254. The number of nitrogens with one attached hydrogen (secondary N) is 2. The molecule has 2 amide bonds. The van der Waals surface area contributed by atoms with Crippen LogP contribution < -0.4 is 15.4 Å². The van der Waals surface area contributed by atoms with Crippen LogP contribution in [0.3, 0.4) is 0 Å². The number of fused-ring (bicyclic) bond motifs is 1. The molecule has 0 atom stereocenters. The number of aromatic nitrogens is 1. The van der Waals surface area contributed by atoms with Crippen LogP contribution in [-0.2, 0) is 13.1 Å². The number of oxazole rings is 1. The van der Waals surface area contributed by atoms with Gasteiger partial charge in [0.15, 0.2) is 0 Å². The quantitative estimate of drug-likeness (QED) is 0.503. The maximum Gasteiger partial charge on any atom is 0.315 e. The van der Waals surface area contributed by atoms with Gasteiger partial charge in [-0.05, 0) is 46.0 Å². The Morgan fingerprint density at radius 1 is 1.11 bits per heavy atom. The summed E-state index contributed by atoms with van der Waals surface area (Å²) in [6, 6.07) is 15.6. The van der Waals surface area contributed by atoms with Crippen LogP contribution in [0.4, 0.5) is 4.79 Å². The van der Waals surface area contributed by atoms with E-state index in [-0.39, 0.29) is 6.03 Å². The van der Waals surface area contributed by atoms with Crippen LogP contribution in [0.5, 0.6) is 5.75 Å². The Balaban J connectivity index is 1.30. The normalized spacial score (nSPS) is 10.8. The Kier molecular flexibility index (Phi) is 5.25. The van der Waals surface area contributed by atoms with Crippen molar-refractivity contribution in [2.75, 3.05) is 7.11 Å². The van der Waals surface area contributed by atoms with E-state index >= 15 is 0 Å². The van der Waals surface area contributed by atoms with Crippen molar-refractivity contribution in [3.63, 3.8) is 0 Å². The zero-order chi connectivity index (χ0) is 19.3. The van der Waals surface area contributed by atoms with E-state index in [2.05, 4.69) is 21.7 Å². The Labute approximate surface area is 166 Å². The van der Waals surface area contributed by atoms with Gasteiger partial charge in [-0.15, -0.1) is 11.3 Å². The molecule has 0 saturated heterocycles. The maximum atomic E-state index is 12.1. The SMILES string of the molecule is COc1ccc2cc(CNC(=O)NCc3coc(-c4cccs4)n3)ccc2c1. The fourth-order valence-electron chi connectivity index (χ4n) is 2.83. The first-order valence-electron chi connectivity index (χ1n) is 8.78. The van der Waals surface area contributed by atoms with Crippen molar-refractivity contribution in [2.24, 2.45) is 0 Å². The number of ether oxygens (including phenoxy) is 1. The van der Waals surface area contributed by atoms with E-state index in [0.717, 1.165) is 27.0 Å². The highest BCUT2D eigenvalue weighted by Gasteiger charge is 2.09. The molecule has 0 aliphatic heterocycles. The van der Waals surface area contributed by atoms with Crippen molar-refractivity contribution < 1.29 is 13.9 Å². The van der Waals surface area contributed by atoms with Crippen LogP contribution in [0, 0.1) is 0 Å². The number of rotatable bonds is 6. The molecule has 0 unspecified atom stereocenters. The Bertz CT molecular complexity index is 1090. The van der Waals surface area contributed by atoms with Crippen molar-refractivity contribution in [3.8, 4) is 16.5 Å². The van der Waals surface area contributed by atoms with Crippen LogP contribution in [0.2, 0.25) is 0 Å². The summed E-state index contributed by atoms with van der Waals surface area (Å²) in [6.07, 6.45) is 1.56. The van der Waals surface area contributed by atoms with E-state index < -0.39 is 0 Å². The van der Waals surface area contributed by atoms with E-state index in [1.54, 1.807) is 24.7 Å². The Morgan fingerprint density at radius 2 is 1.93 bits per heavy atom. The summed E-state index contributed by atoms with van der Waals surface area (Å²) in [5.74, 6) is 1.40. The molecule has 4 aromatic rings. The molecule has 0 saturated carbocycles. The summed E-state index contributed by atoms with van der Waals surface area (Å²) in [7, 11) is 1.65. The van der Waals surface area contributed by atoms with Crippen molar-refractivity contribution in [2.45, 2.75) is 13.1 Å². The summed E-state index contributed by atoms with van der Waals surface area (Å²) in [6.45, 7) is 0.741. The van der Waals surface area contributed by atoms with Gasteiger partial charge in [0.2, 0.25) is 5.89 Å². The standard InChI is InChI=1S/C21H19N3O3S/c1-26-18-7-6-15-9-14(4-5-16(15)10-18)11-22-21(25)23-12-17-13-27-20(24-17)19-3-2-8-28-19/h2-10,13H,11-12H2,1H3,(H2,22,23,25). The predicted molar refractivity (Wildman–Crippen MR) is 109 cm³/mol. The first kappa shape index (κ1) is 18.1. The van der Waals surface area contributed by atoms with Gasteiger partial charge in [-0.1, -0.05) is 24.3 Å². The molecule has 2 aromatic carbocycles. The molecule has 2 N–H and O–H groups in total. The molecule has 0 fully saturated rings. The molecule has 2 aromatic heterocycles. The van der Waals surface area contributed by atoms with Crippen LogP contribution in [-0.4, -0.2) is 18.1 Å². The van der Waals surface area contributed by atoms with Gasteiger partial charge in [0, 0.05) is 6.54 Å². The lowest BCUT2D eigenvalue weighted by molar-refractivity contribution is 0.240. The topological polar surface area (TPSA) is 76.4 Å². The molecule has 0 aliphatic rings. The number of carbonyl (C=O) groups excluding carboxylic acids is 1. The first-order valence-corrected chi connectivity index (χ1v) is 9.66.